The van der Waals surface area contributed by atoms with E-state index in [0.29, 0.717) is 17.9 Å². The van der Waals surface area contributed by atoms with Gasteiger partial charge in [0.1, 0.15) is 5.15 Å². The van der Waals surface area contributed by atoms with Crippen molar-refractivity contribution in [2.45, 2.75) is 18.8 Å². The molecule has 3 aliphatic rings. The van der Waals surface area contributed by atoms with Gasteiger partial charge in [0.2, 0.25) is 5.88 Å². The van der Waals surface area contributed by atoms with Gasteiger partial charge in [-0.15, -0.1) is 0 Å². The molecule has 0 bridgehead atoms. The number of carbonyl (C=O) groups excluding carboxylic acids is 1. The summed E-state index contributed by atoms with van der Waals surface area (Å²) >= 11 is 6.21. The highest BCUT2D eigenvalue weighted by Gasteiger charge is 2.31. The predicted octanol–water partition coefficient (Wildman–Crippen LogP) is 5.07. The van der Waals surface area contributed by atoms with Gasteiger partial charge in [-0.2, -0.15) is 0 Å². The molecule has 0 spiro atoms. The van der Waals surface area contributed by atoms with Crippen LogP contribution in [0.5, 0.6) is 5.88 Å². The zero-order valence-electron chi connectivity index (χ0n) is 19.9. The van der Waals surface area contributed by atoms with Crippen LogP contribution in [0.2, 0.25) is 5.15 Å². The number of nitrogens with one attached hydrogen (secondary N) is 1. The summed E-state index contributed by atoms with van der Waals surface area (Å²) in [6.07, 6.45) is 16.1. The van der Waals surface area contributed by atoms with Crippen molar-refractivity contribution in [2.75, 3.05) is 7.11 Å². The van der Waals surface area contributed by atoms with E-state index in [0.717, 1.165) is 17.3 Å². The van der Waals surface area contributed by atoms with Crippen molar-refractivity contribution in [2.24, 2.45) is 5.92 Å². The SMILES string of the molecule is COc1cc(C(=O)C2C=c3c(ccc4c3=CCc3ccccc3-4)C(C3=CC=CC=CN3)C2)cc(Cl)n1. The molecule has 0 amide bonds. The lowest BCUT2D eigenvalue weighted by Crippen LogP contribution is -2.39. The lowest BCUT2D eigenvalue weighted by atomic mass is 9.75. The molecule has 0 saturated heterocycles. The van der Waals surface area contributed by atoms with E-state index in [-0.39, 0.29) is 22.8 Å². The van der Waals surface area contributed by atoms with E-state index < -0.39 is 0 Å². The fraction of sp³-hybridized carbons (Fsp3) is 0.161. The number of benzene rings is 2. The van der Waals surface area contributed by atoms with Crippen molar-refractivity contribution in [3.63, 3.8) is 0 Å². The standard InChI is InChI=1S/C31H25ClN2O2/c1-36-30-18-21(17-29(32)34-30)31(35)20-15-26-24-11-10-19-7-4-5-8-22(19)23(24)12-13-25(26)27(16-20)28-9-3-2-6-14-33-28/h2-9,11-15,17-18,20,27,33H,10,16H2,1H3. The van der Waals surface area contributed by atoms with Crippen molar-refractivity contribution in [3.05, 3.63) is 117 Å². The Hall–Kier alpha value is -3.89. The molecule has 1 aliphatic heterocycles. The third-order valence-corrected chi connectivity index (χ3v) is 7.40. The van der Waals surface area contributed by atoms with Crippen LogP contribution in [0, 0.1) is 5.92 Å². The first-order valence-corrected chi connectivity index (χ1v) is 12.5. The number of ketones is 1. The van der Waals surface area contributed by atoms with Crippen molar-refractivity contribution >= 4 is 29.5 Å². The highest BCUT2D eigenvalue weighted by Crippen LogP contribution is 2.35. The minimum absolute atomic E-state index is 0.0161. The average molecular weight is 493 g/mol. The topological polar surface area (TPSA) is 51.2 Å². The van der Waals surface area contributed by atoms with E-state index in [1.165, 1.54) is 34.6 Å². The number of aromatic nitrogens is 1. The first-order valence-electron chi connectivity index (χ1n) is 12.1. The number of Topliss-reactive ketones (excluding diaryl/α,β-unsaturated/α-hetero) is 1. The summed E-state index contributed by atoms with van der Waals surface area (Å²) in [6, 6.07) is 16.3. The minimum Gasteiger partial charge on any atom is -0.481 e. The second-order valence-corrected chi connectivity index (χ2v) is 9.64. The van der Waals surface area contributed by atoms with Crippen LogP contribution in [-0.2, 0) is 6.42 Å². The van der Waals surface area contributed by atoms with E-state index in [2.05, 4.69) is 64.9 Å². The summed E-state index contributed by atoms with van der Waals surface area (Å²) in [5.41, 5.74) is 6.63. The monoisotopic (exact) mass is 492 g/mol. The van der Waals surface area contributed by atoms with Crippen LogP contribution in [0.4, 0.5) is 0 Å². The van der Waals surface area contributed by atoms with Crippen molar-refractivity contribution in [3.8, 4) is 17.0 Å². The molecule has 36 heavy (non-hydrogen) atoms. The second-order valence-electron chi connectivity index (χ2n) is 9.25. The second kappa shape index (κ2) is 9.29. The summed E-state index contributed by atoms with van der Waals surface area (Å²) in [5.74, 6) is 0.0785. The smallest absolute Gasteiger partial charge is 0.215 e. The Morgan fingerprint density at radius 2 is 1.94 bits per heavy atom. The Balaban J connectivity index is 1.53. The molecule has 2 heterocycles. The van der Waals surface area contributed by atoms with E-state index >= 15 is 0 Å². The van der Waals surface area contributed by atoms with Crippen LogP contribution in [0.25, 0.3) is 23.3 Å². The Bertz CT molecular complexity index is 1600. The number of fused-ring (bicyclic) bond motifs is 5. The summed E-state index contributed by atoms with van der Waals surface area (Å²) in [4.78, 5) is 18.0. The van der Waals surface area contributed by atoms with E-state index in [4.69, 9.17) is 16.3 Å². The van der Waals surface area contributed by atoms with E-state index in [1.54, 1.807) is 12.1 Å². The number of hydrogen-bond donors (Lipinski definition) is 1. The number of pyridine rings is 1. The molecule has 1 N–H and O–H groups in total. The van der Waals surface area contributed by atoms with Crippen LogP contribution in [-0.4, -0.2) is 17.9 Å². The van der Waals surface area contributed by atoms with Gasteiger partial charge in [-0.3, -0.25) is 4.79 Å². The predicted molar refractivity (Wildman–Crippen MR) is 144 cm³/mol. The van der Waals surface area contributed by atoms with Crippen LogP contribution in [0.15, 0.2) is 84.7 Å². The zero-order chi connectivity index (χ0) is 24.6. The number of carbonyl (C=O) groups is 1. The highest BCUT2D eigenvalue weighted by molar-refractivity contribution is 6.29. The number of rotatable bonds is 4. The molecular weight excluding hydrogens is 468 g/mol. The van der Waals surface area contributed by atoms with Gasteiger partial charge in [0.05, 0.1) is 7.11 Å². The number of ether oxygens (including phenoxy) is 1. The number of halogens is 1. The zero-order valence-corrected chi connectivity index (χ0v) is 20.6. The van der Waals surface area contributed by atoms with Crippen molar-refractivity contribution < 1.29 is 9.53 Å². The molecule has 3 aromatic rings. The first kappa shape index (κ1) is 22.6. The van der Waals surface area contributed by atoms with Crippen LogP contribution in [0.3, 0.4) is 0 Å². The molecule has 5 heteroatoms. The van der Waals surface area contributed by atoms with E-state index in [1.807, 2.05) is 24.4 Å². The Morgan fingerprint density at radius 1 is 1.06 bits per heavy atom. The normalized spacial score (nSPS) is 19.3. The molecule has 2 aromatic carbocycles. The van der Waals surface area contributed by atoms with Crippen LogP contribution >= 0.6 is 11.6 Å². The largest absolute Gasteiger partial charge is 0.481 e. The molecule has 2 unspecified atom stereocenters. The first-order chi connectivity index (χ1) is 17.6. The van der Waals surface area contributed by atoms with E-state index in [9.17, 15) is 4.79 Å². The van der Waals surface area contributed by atoms with Crippen LogP contribution < -0.4 is 20.5 Å². The molecule has 6 rings (SSSR count). The molecule has 1 aromatic heterocycles. The molecular formula is C31H25ClN2O2. The maximum absolute atomic E-state index is 13.8. The van der Waals surface area contributed by atoms with Crippen molar-refractivity contribution in [1.82, 2.24) is 10.3 Å². The molecule has 0 saturated carbocycles. The Labute approximate surface area is 215 Å². The number of hydrogen-bond acceptors (Lipinski definition) is 4. The Morgan fingerprint density at radius 3 is 2.83 bits per heavy atom. The Kier molecular flexibility index (Phi) is 5.82. The molecule has 0 fully saturated rings. The van der Waals surface area contributed by atoms with Gasteiger partial charge in [0, 0.05) is 35.4 Å². The van der Waals surface area contributed by atoms with Gasteiger partial charge < -0.3 is 10.1 Å². The average Bonchev–Trinajstić information content (AvgIpc) is 3.21. The minimum atomic E-state index is -0.318. The van der Waals surface area contributed by atoms with Crippen LogP contribution in [0.1, 0.15) is 33.8 Å². The van der Waals surface area contributed by atoms with Crippen molar-refractivity contribution in [1.29, 1.82) is 0 Å². The lowest BCUT2D eigenvalue weighted by Gasteiger charge is -2.30. The third kappa shape index (κ3) is 3.98. The van der Waals surface area contributed by atoms with Gasteiger partial charge in [0.25, 0.3) is 0 Å². The van der Waals surface area contributed by atoms with Gasteiger partial charge in [-0.25, -0.2) is 4.98 Å². The summed E-state index contributed by atoms with van der Waals surface area (Å²) in [5, 5.41) is 6.04. The summed E-state index contributed by atoms with van der Waals surface area (Å²) in [6.45, 7) is 0. The fourth-order valence-corrected chi connectivity index (χ4v) is 5.72. The molecule has 2 atom stereocenters. The highest BCUT2D eigenvalue weighted by atomic mass is 35.5. The number of allylic oxidation sites excluding steroid dienone is 5. The fourth-order valence-electron chi connectivity index (χ4n) is 5.52. The number of methoxy groups -OCH3 is 1. The maximum atomic E-state index is 13.8. The lowest BCUT2D eigenvalue weighted by molar-refractivity contribution is 0.0943. The summed E-state index contributed by atoms with van der Waals surface area (Å²) in [7, 11) is 1.52. The van der Waals surface area contributed by atoms with Gasteiger partial charge in [-0.1, -0.05) is 72.3 Å². The molecule has 4 nitrogen and oxygen atoms in total. The molecule has 2 aliphatic carbocycles. The molecule has 0 radical (unpaired) electrons. The van der Waals surface area contributed by atoms with Gasteiger partial charge in [-0.05, 0) is 63.8 Å². The van der Waals surface area contributed by atoms with Gasteiger partial charge in [0.15, 0.2) is 5.78 Å². The quantitative estimate of drug-likeness (QED) is 0.408. The number of nitrogens with zero attached hydrogens (tertiary/aromatic N) is 1. The molecule has 178 valence electrons. The van der Waals surface area contributed by atoms with Gasteiger partial charge >= 0.3 is 0 Å². The summed E-state index contributed by atoms with van der Waals surface area (Å²) < 4.78 is 5.27. The maximum Gasteiger partial charge on any atom is 0.215 e. The third-order valence-electron chi connectivity index (χ3n) is 7.21.